The van der Waals surface area contributed by atoms with Crippen LogP contribution in [0.4, 0.5) is 21.7 Å². The molecule has 4 rings (SSSR count). The zero-order chi connectivity index (χ0) is 19.3. The van der Waals surface area contributed by atoms with E-state index in [4.69, 9.17) is 9.84 Å². The number of hydrogen-bond acceptors (Lipinski definition) is 7. The molecule has 1 aromatic carbocycles. The number of nitrogens with zero attached hydrogens (tertiary/aromatic N) is 4. The van der Waals surface area contributed by atoms with Gasteiger partial charge in [0.15, 0.2) is 0 Å². The Morgan fingerprint density at radius 3 is 2.79 bits per heavy atom. The molecule has 28 heavy (non-hydrogen) atoms. The maximum Gasteiger partial charge on any atom is 0.134 e. The minimum atomic E-state index is -0.360. The molecular weight excluding hydrogens is 361 g/mol. The van der Waals surface area contributed by atoms with Crippen LogP contribution in [0.2, 0.25) is 0 Å². The number of hydrogen-bond donors (Lipinski definition) is 2. The van der Waals surface area contributed by atoms with Crippen LogP contribution in [0.15, 0.2) is 30.6 Å². The molecule has 2 N–H and O–H groups in total. The largest absolute Gasteiger partial charge is 0.392 e. The summed E-state index contributed by atoms with van der Waals surface area (Å²) in [5, 5.41) is 12.7. The highest BCUT2D eigenvalue weighted by molar-refractivity contribution is 5.51. The van der Waals surface area contributed by atoms with Gasteiger partial charge in [0.05, 0.1) is 19.8 Å². The fourth-order valence-electron chi connectivity index (χ4n) is 3.79. The van der Waals surface area contributed by atoms with E-state index in [0.717, 1.165) is 69.6 Å². The van der Waals surface area contributed by atoms with Crippen LogP contribution < -0.4 is 15.1 Å². The van der Waals surface area contributed by atoms with Crippen LogP contribution in [0.3, 0.4) is 0 Å². The molecule has 0 radical (unpaired) electrons. The van der Waals surface area contributed by atoms with Crippen molar-refractivity contribution in [2.24, 2.45) is 0 Å². The van der Waals surface area contributed by atoms with Crippen molar-refractivity contribution in [1.29, 1.82) is 0 Å². The van der Waals surface area contributed by atoms with Crippen LogP contribution in [0, 0.1) is 5.82 Å². The van der Waals surface area contributed by atoms with Crippen molar-refractivity contribution in [1.82, 2.24) is 9.97 Å². The topological polar surface area (TPSA) is 73.8 Å². The monoisotopic (exact) mass is 387 g/mol. The highest BCUT2D eigenvalue weighted by atomic mass is 19.1. The molecule has 0 unspecified atom stereocenters. The fraction of sp³-hybridized carbons (Fsp3) is 0.500. The summed E-state index contributed by atoms with van der Waals surface area (Å²) >= 11 is 0. The summed E-state index contributed by atoms with van der Waals surface area (Å²) in [5.74, 6) is 1.36. The summed E-state index contributed by atoms with van der Waals surface area (Å²) in [6, 6.07) is 7.25. The van der Waals surface area contributed by atoms with Crippen molar-refractivity contribution in [2.45, 2.75) is 25.5 Å². The van der Waals surface area contributed by atoms with Crippen molar-refractivity contribution >= 4 is 17.3 Å². The van der Waals surface area contributed by atoms with Gasteiger partial charge in [-0.1, -0.05) is 6.07 Å². The average molecular weight is 387 g/mol. The van der Waals surface area contributed by atoms with Crippen molar-refractivity contribution in [3.63, 3.8) is 0 Å². The van der Waals surface area contributed by atoms with Gasteiger partial charge in [0.2, 0.25) is 0 Å². The van der Waals surface area contributed by atoms with Crippen LogP contribution >= 0.6 is 0 Å². The number of benzene rings is 1. The van der Waals surface area contributed by atoms with Crippen molar-refractivity contribution in [3.05, 3.63) is 42.0 Å². The van der Waals surface area contributed by atoms with Crippen LogP contribution in [0.25, 0.3) is 0 Å². The summed E-state index contributed by atoms with van der Waals surface area (Å²) < 4.78 is 19.4. The van der Waals surface area contributed by atoms with Crippen molar-refractivity contribution < 1.29 is 14.2 Å². The lowest BCUT2D eigenvalue weighted by molar-refractivity contribution is 0.122. The quantitative estimate of drug-likeness (QED) is 0.813. The molecule has 2 aliphatic rings. The van der Waals surface area contributed by atoms with E-state index in [1.54, 1.807) is 12.4 Å². The van der Waals surface area contributed by atoms with Crippen LogP contribution in [0.1, 0.15) is 18.4 Å². The molecule has 0 aliphatic carbocycles. The van der Waals surface area contributed by atoms with E-state index in [2.05, 4.69) is 25.1 Å². The number of anilines is 3. The molecule has 0 saturated carbocycles. The second-order valence-electron chi connectivity index (χ2n) is 7.22. The maximum atomic E-state index is 14.0. The smallest absolute Gasteiger partial charge is 0.134 e. The number of aromatic nitrogens is 2. The lowest BCUT2D eigenvalue weighted by Gasteiger charge is -2.35. The van der Waals surface area contributed by atoms with Gasteiger partial charge in [0.25, 0.3) is 0 Å². The minimum absolute atomic E-state index is 0.224. The molecule has 7 nitrogen and oxygen atoms in total. The zero-order valence-corrected chi connectivity index (χ0v) is 15.9. The molecule has 8 heteroatoms. The van der Waals surface area contributed by atoms with E-state index in [1.165, 1.54) is 6.07 Å². The van der Waals surface area contributed by atoms with E-state index < -0.39 is 0 Å². The summed E-state index contributed by atoms with van der Waals surface area (Å²) in [4.78, 5) is 13.1. The van der Waals surface area contributed by atoms with Gasteiger partial charge >= 0.3 is 0 Å². The van der Waals surface area contributed by atoms with Gasteiger partial charge in [-0.25, -0.2) is 14.4 Å². The summed E-state index contributed by atoms with van der Waals surface area (Å²) in [5.41, 5.74) is 1.17. The summed E-state index contributed by atoms with van der Waals surface area (Å²) in [6.07, 6.45) is 3.64. The highest BCUT2D eigenvalue weighted by Gasteiger charge is 2.22. The molecular formula is C20H26FN5O2. The number of halogens is 1. The predicted molar refractivity (Wildman–Crippen MR) is 106 cm³/mol. The fourth-order valence-corrected chi connectivity index (χ4v) is 3.79. The number of ether oxygens (including phenoxy) is 1. The van der Waals surface area contributed by atoms with Gasteiger partial charge in [-0.2, -0.15) is 0 Å². The van der Waals surface area contributed by atoms with E-state index in [-0.39, 0.29) is 18.5 Å². The summed E-state index contributed by atoms with van der Waals surface area (Å²) in [7, 11) is 0. The number of morpholine rings is 1. The number of piperidine rings is 1. The number of nitrogens with one attached hydrogen (secondary N) is 1. The molecule has 2 fully saturated rings. The van der Waals surface area contributed by atoms with Gasteiger partial charge in [-0.05, 0) is 25.0 Å². The molecule has 1 aromatic heterocycles. The van der Waals surface area contributed by atoms with E-state index >= 15 is 0 Å². The Morgan fingerprint density at radius 1 is 1.14 bits per heavy atom. The first-order valence-electron chi connectivity index (χ1n) is 9.78. The second kappa shape index (κ2) is 8.70. The first-order valence-corrected chi connectivity index (χ1v) is 9.78. The first kappa shape index (κ1) is 18.9. The summed E-state index contributed by atoms with van der Waals surface area (Å²) in [6.45, 7) is 4.49. The SMILES string of the molecule is OCc1ccc(N2CCC[C@@H](Nc3cc(N4CCOCC4)ncn3)C2)cc1F. The number of aliphatic hydroxyl groups is 1. The van der Waals surface area contributed by atoms with Gasteiger partial charge in [0, 0.05) is 49.5 Å². The molecule has 0 spiro atoms. The number of aliphatic hydroxyl groups excluding tert-OH is 1. The van der Waals surface area contributed by atoms with Crippen molar-refractivity contribution in [3.8, 4) is 0 Å². The molecule has 1 atom stereocenters. The molecule has 3 heterocycles. The molecule has 0 amide bonds. The molecule has 2 saturated heterocycles. The predicted octanol–water partition coefficient (Wildman–Crippen LogP) is 2.03. The third-order valence-electron chi connectivity index (χ3n) is 5.33. The Balaban J connectivity index is 1.42. The maximum absolute atomic E-state index is 14.0. The first-order chi connectivity index (χ1) is 13.7. The Hall–Kier alpha value is -2.45. The second-order valence-corrected chi connectivity index (χ2v) is 7.22. The van der Waals surface area contributed by atoms with Gasteiger partial charge in [0.1, 0.15) is 23.8 Å². The van der Waals surface area contributed by atoms with Crippen LogP contribution in [0.5, 0.6) is 0 Å². The Labute approximate surface area is 164 Å². The zero-order valence-electron chi connectivity index (χ0n) is 15.9. The van der Waals surface area contributed by atoms with Gasteiger partial charge in [-0.3, -0.25) is 0 Å². The minimum Gasteiger partial charge on any atom is -0.392 e. The highest BCUT2D eigenvalue weighted by Crippen LogP contribution is 2.24. The lowest BCUT2D eigenvalue weighted by Crippen LogP contribution is -2.42. The van der Waals surface area contributed by atoms with Gasteiger partial charge < -0.3 is 25.0 Å². The third-order valence-corrected chi connectivity index (χ3v) is 5.33. The lowest BCUT2D eigenvalue weighted by atomic mass is 10.0. The van der Waals surface area contributed by atoms with Gasteiger partial charge in [-0.15, -0.1) is 0 Å². The van der Waals surface area contributed by atoms with E-state index in [0.29, 0.717) is 5.56 Å². The number of rotatable bonds is 5. The molecule has 2 aromatic rings. The van der Waals surface area contributed by atoms with Crippen LogP contribution in [-0.2, 0) is 11.3 Å². The Bertz CT molecular complexity index is 800. The van der Waals surface area contributed by atoms with Crippen molar-refractivity contribution in [2.75, 3.05) is 54.5 Å². The molecule has 150 valence electrons. The normalized spacial score (nSPS) is 20.3. The van der Waals surface area contributed by atoms with E-state index in [9.17, 15) is 4.39 Å². The van der Waals surface area contributed by atoms with E-state index in [1.807, 2.05) is 12.1 Å². The Kier molecular flexibility index (Phi) is 5.87. The molecule has 2 aliphatic heterocycles. The standard InChI is InChI=1S/C20H26FN5O2/c21-18-10-17(4-3-15(18)13-27)26-5-1-2-16(12-26)24-19-11-20(23-14-22-19)25-6-8-28-9-7-25/h3-4,10-11,14,16,27H,1-2,5-9,12-13H2,(H,22,23,24)/t16-/m1/s1. The molecule has 0 bridgehead atoms. The third kappa shape index (κ3) is 4.34. The van der Waals surface area contributed by atoms with Crippen LogP contribution in [-0.4, -0.2) is 60.5 Å². The average Bonchev–Trinajstić information content (AvgIpc) is 2.75. The Morgan fingerprint density at radius 2 is 2.00 bits per heavy atom.